The van der Waals surface area contributed by atoms with Crippen LogP contribution in [-0.4, -0.2) is 14.0 Å². The Hall–Kier alpha value is -0.183. The fourth-order valence-corrected chi connectivity index (χ4v) is 5.75. The summed E-state index contributed by atoms with van der Waals surface area (Å²) >= 11 is 11.9. The Labute approximate surface area is 184 Å². The summed E-state index contributed by atoms with van der Waals surface area (Å²) in [6, 6.07) is 8.00. The molecule has 0 amide bonds. The largest absolute Gasteiger partial charge is 0.493 e. The summed E-state index contributed by atoms with van der Waals surface area (Å²) in [7, 11) is -1.19. The molecule has 0 spiro atoms. The molecule has 1 saturated carbocycles. The third-order valence-electron chi connectivity index (χ3n) is 6.11. The first-order valence-electron chi connectivity index (χ1n) is 11.6. The number of unbranched alkanes of at least 4 members (excludes halogenated alkanes) is 2. The second kappa shape index (κ2) is 13.9. The van der Waals surface area contributed by atoms with E-state index < -0.39 is 7.42 Å². The van der Waals surface area contributed by atoms with Gasteiger partial charge >= 0.3 is 0 Å². The number of rotatable bonds is 13. The molecule has 0 aliphatic heterocycles. The van der Waals surface area contributed by atoms with E-state index in [2.05, 4.69) is 32.0 Å². The highest BCUT2D eigenvalue weighted by atomic mass is 35.7. The Morgan fingerprint density at radius 3 is 2.46 bits per heavy atom. The second-order valence-electron chi connectivity index (χ2n) is 8.40. The van der Waals surface area contributed by atoms with Gasteiger partial charge in [-0.25, -0.2) is 0 Å². The lowest BCUT2D eigenvalue weighted by atomic mass is 9.81. The SMILES string of the molecule is CCCCCC(CCC)c1ccc(OCCC[Si](Cl)Cl)c(C2CCCCC2)c1. The molecule has 1 aliphatic rings. The highest BCUT2D eigenvalue weighted by Crippen LogP contribution is 2.40. The lowest BCUT2D eigenvalue weighted by Gasteiger charge is -2.26. The van der Waals surface area contributed by atoms with Crippen LogP contribution in [0.15, 0.2) is 18.2 Å². The Bertz CT molecular complexity index is 543. The van der Waals surface area contributed by atoms with Crippen LogP contribution in [0.2, 0.25) is 6.04 Å². The van der Waals surface area contributed by atoms with Gasteiger partial charge in [-0.3, -0.25) is 0 Å². The van der Waals surface area contributed by atoms with Crippen LogP contribution in [0.25, 0.3) is 0 Å². The minimum absolute atomic E-state index is 0.669. The summed E-state index contributed by atoms with van der Waals surface area (Å²) in [5.41, 5.74) is 3.01. The number of hydrogen-bond donors (Lipinski definition) is 0. The van der Waals surface area contributed by atoms with Crippen molar-refractivity contribution in [2.24, 2.45) is 0 Å². The molecule has 28 heavy (non-hydrogen) atoms. The van der Waals surface area contributed by atoms with E-state index in [1.165, 1.54) is 81.8 Å². The van der Waals surface area contributed by atoms with E-state index in [-0.39, 0.29) is 0 Å². The highest BCUT2D eigenvalue weighted by molar-refractivity contribution is 7.33. The molecule has 0 bridgehead atoms. The maximum absolute atomic E-state index is 6.23. The molecule has 1 aromatic carbocycles. The van der Waals surface area contributed by atoms with Gasteiger partial charge in [0.25, 0.3) is 7.42 Å². The zero-order valence-electron chi connectivity index (χ0n) is 18.0. The average molecular weight is 443 g/mol. The summed E-state index contributed by atoms with van der Waals surface area (Å²) in [5.74, 6) is 2.48. The zero-order valence-corrected chi connectivity index (χ0v) is 20.5. The Balaban J connectivity index is 2.15. The predicted molar refractivity (Wildman–Crippen MR) is 126 cm³/mol. The van der Waals surface area contributed by atoms with E-state index in [0.717, 1.165) is 24.8 Å². The van der Waals surface area contributed by atoms with Crippen LogP contribution in [-0.2, 0) is 0 Å². The normalized spacial score (nSPS) is 16.5. The van der Waals surface area contributed by atoms with Crippen molar-refractivity contribution in [3.05, 3.63) is 29.3 Å². The van der Waals surface area contributed by atoms with Crippen molar-refractivity contribution in [1.82, 2.24) is 0 Å². The van der Waals surface area contributed by atoms with E-state index in [0.29, 0.717) is 11.8 Å². The minimum atomic E-state index is -1.19. The lowest BCUT2D eigenvalue weighted by Crippen LogP contribution is -2.10. The van der Waals surface area contributed by atoms with Gasteiger partial charge in [0.05, 0.1) is 6.61 Å². The molecule has 1 aliphatic carbocycles. The molecule has 0 heterocycles. The summed E-state index contributed by atoms with van der Waals surface area (Å²) < 4.78 is 6.23. The Morgan fingerprint density at radius 2 is 1.79 bits per heavy atom. The Kier molecular flexibility index (Phi) is 12.0. The smallest absolute Gasteiger partial charge is 0.274 e. The lowest BCUT2D eigenvalue weighted by molar-refractivity contribution is 0.307. The van der Waals surface area contributed by atoms with Crippen LogP contribution in [0.4, 0.5) is 0 Å². The van der Waals surface area contributed by atoms with Crippen LogP contribution < -0.4 is 4.74 Å². The van der Waals surface area contributed by atoms with Crippen LogP contribution in [0.3, 0.4) is 0 Å². The molecule has 0 saturated heterocycles. The molecule has 1 fully saturated rings. The first-order valence-corrected chi connectivity index (χ1v) is 15.3. The van der Waals surface area contributed by atoms with Gasteiger partial charge in [0.1, 0.15) is 5.75 Å². The second-order valence-corrected chi connectivity index (χ2v) is 12.9. The topological polar surface area (TPSA) is 9.23 Å². The minimum Gasteiger partial charge on any atom is -0.493 e. The van der Waals surface area contributed by atoms with Crippen molar-refractivity contribution in [3.8, 4) is 5.75 Å². The average Bonchev–Trinajstić information content (AvgIpc) is 2.71. The van der Waals surface area contributed by atoms with E-state index in [4.69, 9.17) is 26.9 Å². The molecule has 4 heteroatoms. The van der Waals surface area contributed by atoms with Crippen LogP contribution in [0.5, 0.6) is 5.75 Å². The summed E-state index contributed by atoms with van der Waals surface area (Å²) in [4.78, 5) is 0. The Morgan fingerprint density at radius 1 is 1.00 bits per heavy atom. The van der Waals surface area contributed by atoms with Crippen LogP contribution >= 0.6 is 22.2 Å². The number of benzene rings is 1. The standard InChI is InChI=1S/C24H39Cl2OSi/c1-3-5-7-12-20(11-4-2)22-15-16-24(27-17-10-18-28(25)26)23(19-22)21-13-8-6-9-14-21/h15-16,19-21H,3-14,17-18H2,1-2H3. The van der Waals surface area contributed by atoms with Gasteiger partial charge in [-0.05, 0) is 67.2 Å². The maximum atomic E-state index is 6.23. The first kappa shape index (κ1) is 24.1. The summed E-state index contributed by atoms with van der Waals surface area (Å²) in [6.07, 6.45) is 15.5. The van der Waals surface area contributed by atoms with Crippen LogP contribution in [0, 0.1) is 0 Å². The van der Waals surface area contributed by atoms with Crippen molar-refractivity contribution in [2.75, 3.05) is 6.61 Å². The molecule has 0 aromatic heterocycles. The monoisotopic (exact) mass is 441 g/mol. The van der Waals surface area contributed by atoms with Crippen molar-refractivity contribution < 1.29 is 4.74 Å². The molecule has 0 N–H and O–H groups in total. The van der Waals surface area contributed by atoms with Crippen LogP contribution in [0.1, 0.15) is 114 Å². The molecule has 1 atom stereocenters. The van der Waals surface area contributed by atoms with Crippen molar-refractivity contribution in [3.63, 3.8) is 0 Å². The molecule has 2 rings (SSSR count). The van der Waals surface area contributed by atoms with Gasteiger partial charge in [0.2, 0.25) is 0 Å². The van der Waals surface area contributed by atoms with Gasteiger partial charge < -0.3 is 4.74 Å². The van der Waals surface area contributed by atoms with Gasteiger partial charge in [-0.15, -0.1) is 22.2 Å². The van der Waals surface area contributed by atoms with Gasteiger partial charge in [-0.1, -0.05) is 70.9 Å². The summed E-state index contributed by atoms with van der Waals surface area (Å²) in [5, 5.41) is 0. The molecule has 1 unspecified atom stereocenters. The fraction of sp³-hybridized carbons (Fsp3) is 0.750. The molecular formula is C24H39Cl2OSi. The van der Waals surface area contributed by atoms with E-state index >= 15 is 0 Å². The number of hydrogen-bond acceptors (Lipinski definition) is 1. The maximum Gasteiger partial charge on any atom is 0.274 e. The highest BCUT2D eigenvalue weighted by Gasteiger charge is 2.21. The molecule has 159 valence electrons. The zero-order chi connectivity index (χ0) is 20.2. The van der Waals surface area contributed by atoms with E-state index in [1.807, 2.05) is 0 Å². The summed E-state index contributed by atoms with van der Waals surface area (Å²) in [6.45, 7) is 5.33. The third kappa shape index (κ3) is 8.28. The molecular weight excluding hydrogens is 403 g/mol. The fourth-order valence-electron chi connectivity index (χ4n) is 4.54. The van der Waals surface area contributed by atoms with E-state index in [9.17, 15) is 0 Å². The van der Waals surface area contributed by atoms with Crippen molar-refractivity contribution >= 4 is 29.6 Å². The number of halogens is 2. The van der Waals surface area contributed by atoms with Crippen molar-refractivity contribution in [1.29, 1.82) is 0 Å². The van der Waals surface area contributed by atoms with E-state index in [1.54, 1.807) is 0 Å². The predicted octanol–water partition coefficient (Wildman–Crippen LogP) is 8.93. The third-order valence-corrected chi connectivity index (χ3v) is 7.98. The van der Waals surface area contributed by atoms with Crippen molar-refractivity contribution in [2.45, 2.75) is 109 Å². The molecule has 1 aromatic rings. The number of ether oxygens (including phenoxy) is 1. The van der Waals surface area contributed by atoms with Gasteiger partial charge in [0.15, 0.2) is 0 Å². The quantitative estimate of drug-likeness (QED) is 0.168. The molecule has 1 radical (unpaired) electrons. The van der Waals surface area contributed by atoms with Gasteiger partial charge in [-0.2, -0.15) is 0 Å². The van der Waals surface area contributed by atoms with Gasteiger partial charge in [0, 0.05) is 0 Å². The first-order chi connectivity index (χ1) is 13.7. The molecule has 1 nitrogen and oxygen atoms in total.